The molecule has 2 atom stereocenters. The minimum atomic E-state index is -0.154. The van der Waals surface area contributed by atoms with Gasteiger partial charge < -0.3 is 9.15 Å². The fourth-order valence-electron chi connectivity index (χ4n) is 2.53. The maximum atomic E-state index is 11.8. The molecule has 2 rings (SSSR count). The SMILES string of the molecule is CCOC(=O)C1CCC(c2nnc(C(C)C)o2)CN1C. The summed E-state index contributed by atoms with van der Waals surface area (Å²) in [5, 5.41) is 8.21. The van der Waals surface area contributed by atoms with Crippen LogP contribution in [0, 0.1) is 0 Å². The quantitative estimate of drug-likeness (QED) is 0.786. The van der Waals surface area contributed by atoms with Crippen LogP contribution in [0.2, 0.25) is 0 Å². The Labute approximate surface area is 119 Å². The van der Waals surface area contributed by atoms with Gasteiger partial charge >= 0.3 is 5.97 Å². The fraction of sp³-hybridized carbons (Fsp3) is 0.786. The average molecular weight is 281 g/mol. The van der Waals surface area contributed by atoms with Gasteiger partial charge in [0.25, 0.3) is 0 Å². The van der Waals surface area contributed by atoms with Gasteiger partial charge in [-0.2, -0.15) is 0 Å². The molecule has 1 aromatic rings. The number of rotatable bonds is 4. The highest BCUT2D eigenvalue weighted by Crippen LogP contribution is 2.29. The van der Waals surface area contributed by atoms with Crippen molar-refractivity contribution in [1.29, 1.82) is 0 Å². The van der Waals surface area contributed by atoms with Gasteiger partial charge in [-0.3, -0.25) is 9.69 Å². The van der Waals surface area contributed by atoms with E-state index in [1.165, 1.54) is 0 Å². The molecule has 1 aliphatic rings. The molecule has 0 bridgehead atoms. The van der Waals surface area contributed by atoms with Crippen LogP contribution in [0.4, 0.5) is 0 Å². The predicted molar refractivity (Wildman–Crippen MR) is 73.4 cm³/mol. The molecule has 20 heavy (non-hydrogen) atoms. The first-order valence-corrected chi connectivity index (χ1v) is 7.23. The lowest BCUT2D eigenvalue weighted by atomic mass is 9.93. The van der Waals surface area contributed by atoms with Gasteiger partial charge in [-0.25, -0.2) is 0 Å². The Bertz CT molecular complexity index is 458. The van der Waals surface area contributed by atoms with Crippen molar-refractivity contribution in [1.82, 2.24) is 15.1 Å². The van der Waals surface area contributed by atoms with Gasteiger partial charge in [0.1, 0.15) is 6.04 Å². The number of hydrogen-bond acceptors (Lipinski definition) is 6. The molecule has 0 aliphatic carbocycles. The van der Waals surface area contributed by atoms with E-state index in [-0.39, 0.29) is 23.8 Å². The van der Waals surface area contributed by atoms with Crippen molar-refractivity contribution >= 4 is 5.97 Å². The van der Waals surface area contributed by atoms with Gasteiger partial charge in [0.2, 0.25) is 11.8 Å². The highest BCUT2D eigenvalue weighted by atomic mass is 16.5. The summed E-state index contributed by atoms with van der Waals surface area (Å²) in [6, 6.07) is -0.154. The van der Waals surface area contributed by atoms with E-state index < -0.39 is 0 Å². The Balaban J connectivity index is 1.99. The lowest BCUT2D eigenvalue weighted by Crippen LogP contribution is -2.45. The number of aromatic nitrogens is 2. The molecule has 0 N–H and O–H groups in total. The summed E-state index contributed by atoms with van der Waals surface area (Å²) in [7, 11) is 1.94. The van der Waals surface area contributed by atoms with Gasteiger partial charge in [-0.15, -0.1) is 10.2 Å². The largest absolute Gasteiger partial charge is 0.465 e. The zero-order valence-electron chi connectivity index (χ0n) is 12.6. The molecular formula is C14H23N3O3. The van der Waals surface area contributed by atoms with E-state index in [9.17, 15) is 4.79 Å². The van der Waals surface area contributed by atoms with Crippen LogP contribution >= 0.6 is 0 Å². The molecule has 112 valence electrons. The summed E-state index contributed by atoms with van der Waals surface area (Å²) in [6.45, 7) is 7.05. The van der Waals surface area contributed by atoms with Crippen molar-refractivity contribution in [3.63, 3.8) is 0 Å². The molecule has 0 spiro atoms. The third kappa shape index (κ3) is 3.17. The average Bonchev–Trinajstić information content (AvgIpc) is 2.88. The third-order valence-corrected chi connectivity index (χ3v) is 3.69. The van der Waals surface area contributed by atoms with Crippen LogP contribution in [0.5, 0.6) is 0 Å². The van der Waals surface area contributed by atoms with Gasteiger partial charge in [-0.1, -0.05) is 13.8 Å². The van der Waals surface area contributed by atoms with E-state index in [1.54, 1.807) is 0 Å². The van der Waals surface area contributed by atoms with Gasteiger partial charge in [0, 0.05) is 12.5 Å². The number of ether oxygens (including phenoxy) is 1. The number of hydrogen-bond donors (Lipinski definition) is 0. The van der Waals surface area contributed by atoms with Crippen molar-refractivity contribution in [2.75, 3.05) is 20.2 Å². The summed E-state index contributed by atoms with van der Waals surface area (Å²) in [5.41, 5.74) is 0. The van der Waals surface area contributed by atoms with Crippen molar-refractivity contribution in [3.05, 3.63) is 11.8 Å². The molecule has 2 heterocycles. The molecule has 0 aromatic carbocycles. The predicted octanol–water partition coefficient (Wildman–Crippen LogP) is 1.93. The first kappa shape index (κ1) is 15.0. The van der Waals surface area contributed by atoms with Crippen LogP contribution in [0.15, 0.2) is 4.42 Å². The molecule has 1 aliphatic heterocycles. The number of esters is 1. The van der Waals surface area contributed by atoms with Crippen LogP contribution in [0.1, 0.15) is 57.2 Å². The molecule has 6 nitrogen and oxygen atoms in total. The van der Waals surface area contributed by atoms with E-state index in [1.807, 2.05) is 32.7 Å². The van der Waals surface area contributed by atoms with E-state index in [0.717, 1.165) is 19.4 Å². The van der Waals surface area contributed by atoms with E-state index in [0.29, 0.717) is 18.4 Å². The van der Waals surface area contributed by atoms with E-state index in [2.05, 4.69) is 10.2 Å². The Morgan fingerprint density at radius 2 is 2.20 bits per heavy atom. The molecule has 1 saturated heterocycles. The molecule has 0 saturated carbocycles. The van der Waals surface area contributed by atoms with Crippen LogP contribution in [-0.2, 0) is 9.53 Å². The number of carbonyl (C=O) groups is 1. The summed E-state index contributed by atoms with van der Waals surface area (Å²) >= 11 is 0. The monoisotopic (exact) mass is 281 g/mol. The fourth-order valence-corrected chi connectivity index (χ4v) is 2.53. The van der Waals surface area contributed by atoms with Crippen LogP contribution in [0.25, 0.3) is 0 Å². The number of carbonyl (C=O) groups excluding carboxylic acids is 1. The molecule has 0 radical (unpaired) electrons. The maximum Gasteiger partial charge on any atom is 0.323 e. The molecule has 1 fully saturated rings. The Hall–Kier alpha value is -1.43. The van der Waals surface area contributed by atoms with Crippen molar-refractivity contribution in [2.24, 2.45) is 0 Å². The molecular weight excluding hydrogens is 258 g/mol. The Kier molecular flexibility index (Phi) is 4.75. The van der Waals surface area contributed by atoms with E-state index >= 15 is 0 Å². The summed E-state index contributed by atoms with van der Waals surface area (Å²) in [6.07, 6.45) is 1.63. The van der Waals surface area contributed by atoms with Crippen LogP contribution in [0.3, 0.4) is 0 Å². The summed E-state index contributed by atoms with van der Waals surface area (Å²) in [4.78, 5) is 13.8. The molecule has 2 unspecified atom stereocenters. The number of likely N-dealkylation sites (tertiary alicyclic amines) is 1. The standard InChI is InChI=1S/C14H23N3O3/c1-5-19-14(18)11-7-6-10(8-17(11)4)13-16-15-12(20-13)9(2)3/h9-11H,5-8H2,1-4H3. The van der Waals surface area contributed by atoms with Crippen molar-refractivity contribution in [3.8, 4) is 0 Å². The highest BCUT2D eigenvalue weighted by molar-refractivity contribution is 5.75. The Morgan fingerprint density at radius 1 is 1.45 bits per heavy atom. The minimum Gasteiger partial charge on any atom is -0.465 e. The summed E-state index contributed by atoms with van der Waals surface area (Å²) < 4.78 is 10.8. The smallest absolute Gasteiger partial charge is 0.323 e. The van der Waals surface area contributed by atoms with Crippen LogP contribution < -0.4 is 0 Å². The molecule has 1 aromatic heterocycles. The first-order chi connectivity index (χ1) is 9.52. The number of nitrogens with zero attached hydrogens (tertiary/aromatic N) is 3. The van der Waals surface area contributed by atoms with Crippen molar-refractivity contribution in [2.45, 2.75) is 51.5 Å². The van der Waals surface area contributed by atoms with E-state index in [4.69, 9.17) is 9.15 Å². The van der Waals surface area contributed by atoms with Gasteiger partial charge in [-0.05, 0) is 26.8 Å². The highest BCUT2D eigenvalue weighted by Gasteiger charge is 2.34. The second kappa shape index (κ2) is 6.35. The second-order valence-corrected chi connectivity index (χ2v) is 5.61. The summed E-state index contributed by atoms with van der Waals surface area (Å²) in [5.74, 6) is 1.66. The second-order valence-electron chi connectivity index (χ2n) is 5.61. The zero-order chi connectivity index (χ0) is 14.7. The maximum absolute atomic E-state index is 11.8. The Morgan fingerprint density at radius 3 is 2.75 bits per heavy atom. The third-order valence-electron chi connectivity index (χ3n) is 3.69. The normalized spacial score (nSPS) is 24.1. The van der Waals surface area contributed by atoms with Gasteiger partial charge in [0.05, 0.1) is 12.5 Å². The number of piperidine rings is 1. The topological polar surface area (TPSA) is 68.5 Å². The van der Waals surface area contributed by atoms with Crippen LogP contribution in [-0.4, -0.2) is 47.3 Å². The first-order valence-electron chi connectivity index (χ1n) is 7.23. The van der Waals surface area contributed by atoms with Gasteiger partial charge in [0.15, 0.2) is 0 Å². The molecule has 0 amide bonds. The lowest BCUT2D eigenvalue weighted by Gasteiger charge is -2.34. The van der Waals surface area contributed by atoms with Crippen molar-refractivity contribution < 1.29 is 13.9 Å². The zero-order valence-corrected chi connectivity index (χ0v) is 12.6. The molecule has 6 heteroatoms. The minimum absolute atomic E-state index is 0.137. The lowest BCUT2D eigenvalue weighted by molar-refractivity contribution is -0.150. The number of likely N-dealkylation sites (N-methyl/N-ethyl adjacent to an activating group) is 1.